The van der Waals surface area contributed by atoms with E-state index in [-0.39, 0.29) is 12.2 Å². The van der Waals surface area contributed by atoms with Crippen LogP contribution in [0.3, 0.4) is 0 Å². The lowest BCUT2D eigenvalue weighted by Gasteiger charge is -2.07. The number of hydrogen-bond donors (Lipinski definition) is 1. The van der Waals surface area contributed by atoms with Gasteiger partial charge in [0.15, 0.2) is 0 Å². The summed E-state index contributed by atoms with van der Waals surface area (Å²) >= 11 is 0. The molecule has 0 bridgehead atoms. The second-order valence-corrected chi connectivity index (χ2v) is 3.87. The van der Waals surface area contributed by atoms with Crippen molar-refractivity contribution in [2.24, 2.45) is 5.92 Å². The van der Waals surface area contributed by atoms with Crippen molar-refractivity contribution in [3.63, 3.8) is 0 Å². The fourth-order valence-electron chi connectivity index (χ4n) is 1.34. The largest absolute Gasteiger partial charge is 0.467 e. The summed E-state index contributed by atoms with van der Waals surface area (Å²) in [6, 6.07) is 3.37. The molecule has 14 heavy (non-hydrogen) atoms. The van der Waals surface area contributed by atoms with Gasteiger partial charge in [0.1, 0.15) is 17.6 Å². The zero-order chi connectivity index (χ0) is 10.6. The molecule has 0 radical (unpaired) electrons. The summed E-state index contributed by atoms with van der Waals surface area (Å²) in [5.41, 5.74) is 0. The molecule has 3 nitrogen and oxygen atoms in total. The summed E-state index contributed by atoms with van der Waals surface area (Å²) in [5.74, 6) is 0.873. The van der Waals surface area contributed by atoms with Gasteiger partial charge < -0.3 is 9.52 Å². The highest BCUT2D eigenvalue weighted by Crippen LogP contribution is 2.18. The van der Waals surface area contributed by atoms with Crippen LogP contribution in [-0.2, 0) is 4.79 Å². The molecule has 78 valence electrons. The van der Waals surface area contributed by atoms with E-state index in [1.807, 2.05) is 13.8 Å². The van der Waals surface area contributed by atoms with Gasteiger partial charge in [-0.2, -0.15) is 0 Å². The number of Topliss-reactive ketones (excluding diaryl/α,β-unsaturated/α-hetero) is 1. The SMILES string of the molecule is CC(C)CC(=O)C[C@@H](O)c1ccco1. The Labute approximate surface area is 83.7 Å². The molecule has 0 spiro atoms. The highest BCUT2D eigenvalue weighted by atomic mass is 16.4. The van der Waals surface area contributed by atoms with Crippen molar-refractivity contribution in [3.05, 3.63) is 24.2 Å². The molecule has 0 aliphatic carbocycles. The normalized spacial score (nSPS) is 13.1. The van der Waals surface area contributed by atoms with Gasteiger partial charge in [-0.1, -0.05) is 13.8 Å². The molecule has 0 aliphatic rings. The maximum absolute atomic E-state index is 11.4. The van der Waals surface area contributed by atoms with Crippen molar-refractivity contribution in [2.45, 2.75) is 32.8 Å². The van der Waals surface area contributed by atoms with Gasteiger partial charge in [0.05, 0.1) is 6.26 Å². The second-order valence-electron chi connectivity index (χ2n) is 3.87. The third kappa shape index (κ3) is 3.34. The zero-order valence-corrected chi connectivity index (χ0v) is 8.56. The lowest BCUT2D eigenvalue weighted by molar-refractivity contribution is -0.121. The highest BCUT2D eigenvalue weighted by Gasteiger charge is 2.15. The number of ketones is 1. The van der Waals surface area contributed by atoms with Crippen molar-refractivity contribution in [1.82, 2.24) is 0 Å². The summed E-state index contributed by atoms with van der Waals surface area (Å²) in [6.45, 7) is 3.97. The van der Waals surface area contributed by atoms with Gasteiger partial charge in [-0.3, -0.25) is 4.79 Å². The quantitative estimate of drug-likeness (QED) is 0.786. The molecular weight excluding hydrogens is 180 g/mol. The predicted molar refractivity (Wildman–Crippen MR) is 52.7 cm³/mol. The molecule has 1 N–H and O–H groups in total. The van der Waals surface area contributed by atoms with Gasteiger partial charge in [0.25, 0.3) is 0 Å². The fraction of sp³-hybridized carbons (Fsp3) is 0.545. The first kappa shape index (κ1) is 11.0. The summed E-state index contributed by atoms with van der Waals surface area (Å²) < 4.78 is 5.00. The molecule has 0 aromatic carbocycles. The van der Waals surface area contributed by atoms with E-state index in [0.29, 0.717) is 18.1 Å². The summed E-state index contributed by atoms with van der Waals surface area (Å²) in [4.78, 5) is 11.4. The van der Waals surface area contributed by atoms with Crippen LogP contribution in [-0.4, -0.2) is 10.9 Å². The van der Waals surface area contributed by atoms with Crippen LogP contribution in [0.5, 0.6) is 0 Å². The van der Waals surface area contributed by atoms with Crippen LogP contribution in [0, 0.1) is 5.92 Å². The van der Waals surface area contributed by atoms with Gasteiger partial charge in [-0.25, -0.2) is 0 Å². The average Bonchev–Trinajstić information content (AvgIpc) is 2.53. The number of aliphatic hydroxyl groups is 1. The summed E-state index contributed by atoms with van der Waals surface area (Å²) in [7, 11) is 0. The molecule has 0 fully saturated rings. The van der Waals surface area contributed by atoms with Gasteiger partial charge in [-0.05, 0) is 18.1 Å². The fourth-order valence-corrected chi connectivity index (χ4v) is 1.34. The number of aliphatic hydroxyl groups excluding tert-OH is 1. The van der Waals surface area contributed by atoms with Crippen molar-refractivity contribution in [3.8, 4) is 0 Å². The summed E-state index contributed by atoms with van der Waals surface area (Å²) in [5, 5.41) is 9.58. The molecule has 3 heteroatoms. The third-order valence-electron chi connectivity index (χ3n) is 1.93. The van der Waals surface area contributed by atoms with E-state index in [2.05, 4.69) is 0 Å². The van der Waals surface area contributed by atoms with Crippen LogP contribution < -0.4 is 0 Å². The lowest BCUT2D eigenvalue weighted by Crippen LogP contribution is -2.08. The van der Waals surface area contributed by atoms with Crippen LogP contribution >= 0.6 is 0 Å². The monoisotopic (exact) mass is 196 g/mol. The van der Waals surface area contributed by atoms with Gasteiger partial charge in [0, 0.05) is 12.8 Å². The zero-order valence-electron chi connectivity index (χ0n) is 8.56. The maximum atomic E-state index is 11.4. The molecule has 1 heterocycles. The summed E-state index contributed by atoms with van der Waals surface area (Å²) in [6.07, 6.45) is 1.35. The molecule has 0 saturated carbocycles. The van der Waals surface area contributed by atoms with Crippen molar-refractivity contribution in [1.29, 1.82) is 0 Å². The van der Waals surface area contributed by atoms with Crippen LogP contribution in [0.15, 0.2) is 22.8 Å². The maximum Gasteiger partial charge on any atom is 0.136 e. The number of carbonyl (C=O) groups excluding carboxylic acids is 1. The minimum Gasteiger partial charge on any atom is -0.467 e. The number of furan rings is 1. The van der Waals surface area contributed by atoms with E-state index < -0.39 is 6.10 Å². The van der Waals surface area contributed by atoms with Crippen molar-refractivity contribution >= 4 is 5.78 Å². The Morgan fingerprint density at radius 3 is 2.71 bits per heavy atom. The van der Waals surface area contributed by atoms with E-state index in [9.17, 15) is 9.90 Å². The smallest absolute Gasteiger partial charge is 0.136 e. The van der Waals surface area contributed by atoms with Gasteiger partial charge in [-0.15, -0.1) is 0 Å². The van der Waals surface area contributed by atoms with E-state index >= 15 is 0 Å². The Balaban J connectivity index is 2.41. The Hall–Kier alpha value is -1.09. The Morgan fingerprint density at radius 1 is 1.50 bits per heavy atom. The van der Waals surface area contributed by atoms with Crippen LogP contribution in [0.1, 0.15) is 38.6 Å². The molecule has 0 unspecified atom stereocenters. The predicted octanol–water partition coefficient (Wildman–Crippen LogP) is 2.32. The first-order valence-electron chi connectivity index (χ1n) is 4.82. The molecule has 1 aromatic rings. The van der Waals surface area contributed by atoms with Gasteiger partial charge >= 0.3 is 0 Å². The van der Waals surface area contributed by atoms with Crippen LogP contribution in [0.25, 0.3) is 0 Å². The minimum absolute atomic E-state index is 0.0731. The standard InChI is InChI=1S/C11H16O3/c1-8(2)6-9(12)7-10(13)11-4-3-5-14-11/h3-5,8,10,13H,6-7H2,1-2H3/t10-/m1/s1. The topological polar surface area (TPSA) is 50.4 Å². The van der Waals surface area contributed by atoms with Crippen molar-refractivity contribution in [2.75, 3.05) is 0 Å². The molecule has 0 aliphatic heterocycles. The Bertz CT molecular complexity index is 275. The lowest BCUT2D eigenvalue weighted by atomic mass is 10.0. The number of carbonyl (C=O) groups is 1. The Morgan fingerprint density at radius 2 is 2.21 bits per heavy atom. The number of rotatable bonds is 5. The van der Waals surface area contributed by atoms with E-state index in [0.717, 1.165) is 0 Å². The first-order valence-corrected chi connectivity index (χ1v) is 4.82. The Kier molecular flexibility index (Phi) is 3.89. The molecule has 1 atom stereocenters. The first-order chi connectivity index (χ1) is 6.59. The molecule has 1 aromatic heterocycles. The van der Waals surface area contributed by atoms with E-state index in [1.165, 1.54) is 6.26 Å². The highest BCUT2D eigenvalue weighted by molar-refractivity contribution is 5.79. The van der Waals surface area contributed by atoms with Crippen LogP contribution in [0.4, 0.5) is 0 Å². The van der Waals surface area contributed by atoms with Gasteiger partial charge in [0.2, 0.25) is 0 Å². The third-order valence-corrected chi connectivity index (χ3v) is 1.93. The molecule has 0 saturated heterocycles. The second kappa shape index (κ2) is 4.96. The van der Waals surface area contributed by atoms with Crippen LogP contribution in [0.2, 0.25) is 0 Å². The molecule has 1 rings (SSSR count). The van der Waals surface area contributed by atoms with E-state index in [4.69, 9.17) is 4.42 Å². The number of hydrogen-bond acceptors (Lipinski definition) is 3. The minimum atomic E-state index is -0.795. The van der Waals surface area contributed by atoms with Crippen molar-refractivity contribution < 1.29 is 14.3 Å². The average molecular weight is 196 g/mol. The molecular formula is C11H16O3. The van der Waals surface area contributed by atoms with E-state index in [1.54, 1.807) is 12.1 Å². The molecule has 0 amide bonds.